The molecule has 1 heterocycles. The van der Waals surface area contributed by atoms with Crippen LogP contribution in [0.2, 0.25) is 0 Å². The number of rotatable bonds is 2. The van der Waals surface area contributed by atoms with Crippen LogP contribution in [0.5, 0.6) is 0 Å². The van der Waals surface area contributed by atoms with Crippen molar-refractivity contribution in [3.63, 3.8) is 0 Å². The fourth-order valence-electron chi connectivity index (χ4n) is 1.49. The molecule has 1 aliphatic rings. The molecule has 2 N–H and O–H groups in total. The molecule has 0 aliphatic carbocycles. The van der Waals surface area contributed by atoms with Gasteiger partial charge in [0.1, 0.15) is 0 Å². The van der Waals surface area contributed by atoms with Crippen molar-refractivity contribution < 1.29 is 19.7 Å². The van der Waals surface area contributed by atoms with Crippen molar-refractivity contribution in [1.82, 2.24) is 0 Å². The Kier molecular flexibility index (Phi) is 4.99. The Morgan fingerprint density at radius 3 is 3.00 bits per heavy atom. The van der Waals surface area contributed by atoms with Crippen molar-refractivity contribution in [2.45, 2.75) is 31.7 Å². The highest BCUT2D eigenvalue weighted by Crippen LogP contribution is 2.19. The number of hydrogen-bond acceptors (Lipinski definition) is 4. The predicted octanol–water partition coefficient (Wildman–Crippen LogP) is 1.20. The Balaban J connectivity index is 2.73. The fraction of sp³-hybridized carbons (Fsp3) is 0.667. The molecule has 0 aromatic carbocycles. The van der Waals surface area contributed by atoms with E-state index >= 15 is 0 Å². The zero-order chi connectivity index (χ0) is 12.0. The van der Waals surface area contributed by atoms with Crippen molar-refractivity contribution >= 4 is 0 Å². The number of aliphatic hydroxyl groups excluding tert-OH is 1. The lowest BCUT2D eigenvalue weighted by Gasteiger charge is -2.22. The average Bonchev–Trinajstić information content (AvgIpc) is 2.26. The average molecular weight is 228 g/mol. The zero-order valence-corrected chi connectivity index (χ0v) is 9.80. The molecule has 0 spiro atoms. The van der Waals surface area contributed by atoms with Crippen molar-refractivity contribution in [2.24, 2.45) is 5.92 Å². The topological polar surface area (TPSA) is 58.9 Å². The van der Waals surface area contributed by atoms with E-state index in [9.17, 15) is 10.2 Å². The van der Waals surface area contributed by atoms with Gasteiger partial charge < -0.3 is 19.7 Å². The van der Waals surface area contributed by atoms with E-state index in [2.05, 4.69) is 0 Å². The standard InChI is InChI=1S/C12H20O4/c1-12(14)6-5-10(11(13)15-2)4-3-8-16-9-7-12/h3,5-6,8,10-11,13-14H,4,7,9H2,1-2H3/b6-5+,8-3+. The van der Waals surface area contributed by atoms with Crippen LogP contribution in [0.4, 0.5) is 0 Å². The minimum Gasteiger partial charge on any atom is -0.501 e. The van der Waals surface area contributed by atoms with Gasteiger partial charge in [-0.15, -0.1) is 0 Å². The summed E-state index contributed by atoms with van der Waals surface area (Å²) in [5.74, 6) is -0.172. The summed E-state index contributed by atoms with van der Waals surface area (Å²) in [5, 5.41) is 19.6. The van der Waals surface area contributed by atoms with Gasteiger partial charge in [0.05, 0.1) is 18.5 Å². The van der Waals surface area contributed by atoms with Crippen LogP contribution in [0, 0.1) is 5.92 Å². The molecule has 0 fully saturated rings. The first-order valence-corrected chi connectivity index (χ1v) is 5.44. The zero-order valence-electron chi connectivity index (χ0n) is 9.80. The van der Waals surface area contributed by atoms with Crippen LogP contribution in [-0.4, -0.2) is 35.8 Å². The Hall–Kier alpha value is -0.840. The molecule has 16 heavy (non-hydrogen) atoms. The van der Waals surface area contributed by atoms with E-state index in [1.807, 2.05) is 6.08 Å². The second-order valence-electron chi connectivity index (χ2n) is 4.23. The smallest absolute Gasteiger partial charge is 0.160 e. The molecule has 3 unspecified atom stereocenters. The summed E-state index contributed by atoms with van der Waals surface area (Å²) in [4.78, 5) is 0. The molecule has 0 aromatic rings. The van der Waals surface area contributed by atoms with Crippen LogP contribution in [0.15, 0.2) is 24.5 Å². The maximum atomic E-state index is 9.96. The number of allylic oxidation sites excluding steroid dienone is 1. The number of ether oxygens (including phenoxy) is 2. The fourth-order valence-corrected chi connectivity index (χ4v) is 1.49. The van der Waals surface area contributed by atoms with E-state index in [1.54, 1.807) is 25.3 Å². The van der Waals surface area contributed by atoms with E-state index in [0.717, 1.165) is 0 Å². The second kappa shape index (κ2) is 6.03. The summed E-state index contributed by atoms with van der Waals surface area (Å²) in [6.07, 6.45) is 7.20. The minimum atomic E-state index is -0.906. The molecule has 0 bridgehead atoms. The summed E-state index contributed by atoms with van der Waals surface area (Å²) in [7, 11) is 1.45. The molecule has 3 atom stereocenters. The quantitative estimate of drug-likeness (QED) is 0.551. The SMILES string of the molecule is COC(O)C1/C=C/C(C)(O)CCO/C=C/C1. The van der Waals surface area contributed by atoms with Gasteiger partial charge in [0.15, 0.2) is 6.29 Å². The van der Waals surface area contributed by atoms with Gasteiger partial charge in [0.25, 0.3) is 0 Å². The van der Waals surface area contributed by atoms with Gasteiger partial charge in [-0.1, -0.05) is 12.2 Å². The predicted molar refractivity (Wildman–Crippen MR) is 60.6 cm³/mol. The number of aliphatic hydroxyl groups is 2. The lowest BCUT2D eigenvalue weighted by Crippen LogP contribution is -2.26. The Morgan fingerprint density at radius 2 is 2.31 bits per heavy atom. The third kappa shape index (κ3) is 4.35. The van der Waals surface area contributed by atoms with Crippen molar-refractivity contribution in [1.29, 1.82) is 0 Å². The molecule has 0 radical (unpaired) electrons. The molecule has 92 valence electrons. The Labute approximate surface area is 96.2 Å². The van der Waals surface area contributed by atoms with E-state index in [4.69, 9.17) is 9.47 Å². The molecule has 0 saturated carbocycles. The van der Waals surface area contributed by atoms with Crippen LogP contribution in [0.1, 0.15) is 19.8 Å². The summed E-state index contributed by atoms with van der Waals surface area (Å²) in [6, 6.07) is 0. The maximum absolute atomic E-state index is 9.96. The van der Waals surface area contributed by atoms with E-state index in [1.165, 1.54) is 7.11 Å². The third-order valence-electron chi connectivity index (χ3n) is 2.64. The molecular weight excluding hydrogens is 208 g/mol. The highest BCUT2D eigenvalue weighted by atomic mass is 16.6. The molecule has 0 aromatic heterocycles. The van der Waals surface area contributed by atoms with Gasteiger partial charge >= 0.3 is 0 Å². The molecule has 1 rings (SSSR count). The molecule has 0 saturated heterocycles. The van der Waals surface area contributed by atoms with Crippen LogP contribution in [0.25, 0.3) is 0 Å². The van der Waals surface area contributed by atoms with Crippen molar-refractivity contribution in [3.8, 4) is 0 Å². The summed E-state index contributed by atoms with van der Waals surface area (Å²) in [5.41, 5.74) is -0.906. The lowest BCUT2D eigenvalue weighted by atomic mass is 9.97. The normalized spacial score (nSPS) is 37.1. The van der Waals surface area contributed by atoms with Gasteiger partial charge in [-0.05, 0) is 19.4 Å². The minimum absolute atomic E-state index is 0.172. The molecule has 0 amide bonds. The molecule has 1 aliphatic heterocycles. The first-order valence-electron chi connectivity index (χ1n) is 5.44. The molecule has 4 heteroatoms. The van der Waals surface area contributed by atoms with Crippen molar-refractivity contribution in [2.75, 3.05) is 13.7 Å². The Bertz CT molecular complexity index is 258. The van der Waals surface area contributed by atoms with E-state index in [-0.39, 0.29) is 5.92 Å². The molecule has 4 nitrogen and oxygen atoms in total. The lowest BCUT2D eigenvalue weighted by molar-refractivity contribution is -0.0999. The largest absolute Gasteiger partial charge is 0.501 e. The summed E-state index contributed by atoms with van der Waals surface area (Å²) >= 11 is 0. The number of hydrogen-bond donors (Lipinski definition) is 2. The van der Waals surface area contributed by atoms with Crippen molar-refractivity contribution in [3.05, 3.63) is 24.5 Å². The first-order chi connectivity index (χ1) is 7.55. The van der Waals surface area contributed by atoms with Gasteiger partial charge in [0.2, 0.25) is 0 Å². The van der Waals surface area contributed by atoms with Gasteiger partial charge in [-0.2, -0.15) is 0 Å². The van der Waals surface area contributed by atoms with Crippen LogP contribution < -0.4 is 0 Å². The monoisotopic (exact) mass is 228 g/mol. The Morgan fingerprint density at radius 1 is 1.56 bits per heavy atom. The summed E-state index contributed by atoms with van der Waals surface area (Å²) < 4.78 is 10.1. The highest BCUT2D eigenvalue weighted by molar-refractivity contribution is 5.03. The maximum Gasteiger partial charge on any atom is 0.160 e. The third-order valence-corrected chi connectivity index (χ3v) is 2.64. The van der Waals surface area contributed by atoms with Gasteiger partial charge in [0, 0.05) is 19.4 Å². The van der Waals surface area contributed by atoms with E-state index in [0.29, 0.717) is 19.4 Å². The van der Waals surface area contributed by atoms with Gasteiger partial charge in [-0.3, -0.25) is 0 Å². The number of methoxy groups -OCH3 is 1. The second-order valence-corrected chi connectivity index (χ2v) is 4.23. The van der Waals surface area contributed by atoms with Crippen LogP contribution >= 0.6 is 0 Å². The van der Waals surface area contributed by atoms with Crippen LogP contribution in [-0.2, 0) is 9.47 Å². The van der Waals surface area contributed by atoms with Crippen LogP contribution in [0.3, 0.4) is 0 Å². The van der Waals surface area contributed by atoms with Gasteiger partial charge in [-0.25, -0.2) is 0 Å². The van der Waals surface area contributed by atoms with E-state index < -0.39 is 11.9 Å². The molecular formula is C12H20O4. The summed E-state index contributed by atoms with van der Waals surface area (Å²) in [6.45, 7) is 2.19. The highest BCUT2D eigenvalue weighted by Gasteiger charge is 2.20. The first kappa shape index (κ1) is 13.2.